The molecule has 1 saturated heterocycles. The average molecular weight is 582 g/mol. The predicted molar refractivity (Wildman–Crippen MR) is 164 cm³/mol. The van der Waals surface area contributed by atoms with Gasteiger partial charge in [0, 0.05) is 48.4 Å². The molecular weight excluding hydrogens is 546 g/mol. The fourth-order valence-corrected chi connectivity index (χ4v) is 6.60. The molecule has 2 fully saturated rings. The minimum Gasteiger partial charge on any atom is -0.478 e. The van der Waals surface area contributed by atoms with Crippen LogP contribution in [-0.2, 0) is 16.6 Å². The molecular formula is C33H35N5O5. The van der Waals surface area contributed by atoms with Crippen LogP contribution in [0.4, 0.5) is 5.69 Å². The van der Waals surface area contributed by atoms with Gasteiger partial charge in [-0.2, -0.15) is 0 Å². The lowest BCUT2D eigenvalue weighted by atomic mass is 9.93. The van der Waals surface area contributed by atoms with E-state index in [9.17, 15) is 14.4 Å². The Morgan fingerprint density at radius 1 is 1.09 bits per heavy atom. The molecule has 1 aliphatic heterocycles. The molecule has 1 aliphatic carbocycles. The Morgan fingerprint density at radius 2 is 1.86 bits per heavy atom. The minimum atomic E-state index is -1.11. The third kappa shape index (κ3) is 5.58. The molecule has 2 amide bonds. The molecule has 222 valence electrons. The maximum absolute atomic E-state index is 13.8. The van der Waals surface area contributed by atoms with E-state index >= 15 is 0 Å². The second-order valence-corrected chi connectivity index (χ2v) is 11.7. The number of aromatic nitrogens is 2. The molecule has 6 rings (SSSR count). The third-order valence-electron chi connectivity index (χ3n) is 8.77. The number of aryl methyl sites for hydroxylation is 1. The standard InChI is InChI=1S/C33H35N5O5/c1-37-16-15-33(19-37,32(42)35-24-11-7-21(8-12-24)9-14-28(39)40)36-31(41)23-10-13-25-27(17-23)38(2)30(26-18-43-20-34-26)29(25)22-5-3-4-6-22/h7-14,17-18,20,22H,3-6,15-16,19H2,1-2H3,(H,35,42)(H,36,41)(H,39,40)/b14-9+/t33-/m0/s1. The summed E-state index contributed by atoms with van der Waals surface area (Å²) in [6.07, 6.45) is 10.8. The Hall–Kier alpha value is -4.70. The summed E-state index contributed by atoms with van der Waals surface area (Å²) in [4.78, 5) is 44.7. The summed E-state index contributed by atoms with van der Waals surface area (Å²) in [6, 6.07) is 12.6. The van der Waals surface area contributed by atoms with Gasteiger partial charge in [0.15, 0.2) is 6.39 Å². The van der Waals surface area contributed by atoms with Crippen molar-refractivity contribution in [2.24, 2.45) is 7.05 Å². The molecule has 43 heavy (non-hydrogen) atoms. The van der Waals surface area contributed by atoms with Gasteiger partial charge in [-0.05, 0) is 73.7 Å². The second kappa shape index (κ2) is 11.5. The SMILES string of the molecule is CN1CC[C@@](NC(=O)c2ccc3c(C4CCCC4)c(-c4cocn4)n(C)c3c2)(C(=O)Nc2ccc(/C=C/C(=O)O)cc2)C1. The molecule has 2 aliphatic rings. The first-order chi connectivity index (χ1) is 20.7. The number of likely N-dealkylation sites (N-methyl/N-ethyl adjacent to an activating group) is 1. The van der Waals surface area contributed by atoms with E-state index in [1.54, 1.807) is 30.5 Å². The van der Waals surface area contributed by atoms with Crippen molar-refractivity contribution in [1.82, 2.24) is 19.8 Å². The number of carboxylic acid groups (broad SMARTS) is 1. The zero-order valence-corrected chi connectivity index (χ0v) is 24.3. The molecule has 2 aromatic carbocycles. The Morgan fingerprint density at radius 3 is 2.51 bits per heavy atom. The zero-order valence-electron chi connectivity index (χ0n) is 24.3. The van der Waals surface area contributed by atoms with Crippen molar-refractivity contribution in [3.63, 3.8) is 0 Å². The number of hydrogen-bond acceptors (Lipinski definition) is 6. The molecule has 0 unspecified atom stereocenters. The first-order valence-electron chi connectivity index (χ1n) is 14.6. The van der Waals surface area contributed by atoms with Gasteiger partial charge in [0.1, 0.15) is 17.5 Å². The van der Waals surface area contributed by atoms with Crippen molar-refractivity contribution in [2.45, 2.75) is 43.6 Å². The summed E-state index contributed by atoms with van der Waals surface area (Å²) in [5.74, 6) is -1.21. The quantitative estimate of drug-likeness (QED) is 0.249. The lowest BCUT2D eigenvalue weighted by Gasteiger charge is -2.29. The van der Waals surface area contributed by atoms with E-state index in [0.29, 0.717) is 42.2 Å². The Kier molecular flexibility index (Phi) is 7.62. The molecule has 2 aromatic heterocycles. The number of carbonyl (C=O) groups excluding carboxylic acids is 2. The van der Waals surface area contributed by atoms with E-state index in [4.69, 9.17) is 9.52 Å². The van der Waals surface area contributed by atoms with Crippen LogP contribution in [0, 0.1) is 0 Å². The van der Waals surface area contributed by atoms with Crippen LogP contribution >= 0.6 is 0 Å². The van der Waals surface area contributed by atoms with E-state index in [0.717, 1.165) is 41.2 Å². The molecule has 1 saturated carbocycles. The summed E-state index contributed by atoms with van der Waals surface area (Å²) >= 11 is 0. The smallest absolute Gasteiger partial charge is 0.328 e. The van der Waals surface area contributed by atoms with Crippen molar-refractivity contribution in [2.75, 3.05) is 25.5 Å². The van der Waals surface area contributed by atoms with Gasteiger partial charge < -0.3 is 29.6 Å². The molecule has 0 bridgehead atoms. The number of nitrogens with zero attached hydrogens (tertiary/aromatic N) is 3. The van der Waals surface area contributed by atoms with Gasteiger partial charge in [-0.25, -0.2) is 9.78 Å². The van der Waals surface area contributed by atoms with Gasteiger partial charge in [0.05, 0.1) is 5.69 Å². The van der Waals surface area contributed by atoms with Crippen molar-refractivity contribution in [3.05, 3.63) is 77.9 Å². The van der Waals surface area contributed by atoms with Crippen molar-refractivity contribution >= 4 is 40.4 Å². The topological polar surface area (TPSA) is 130 Å². The summed E-state index contributed by atoms with van der Waals surface area (Å²) in [6.45, 7) is 1.04. The molecule has 3 heterocycles. The van der Waals surface area contributed by atoms with Crippen molar-refractivity contribution in [1.29, 1.82) is 0 Å². The number of anilines is 1. The highest BCUT2D eigenvalue weighted by molar-refractivity contribution is 6.06. The van der Waals surface area contributed by atoms with E-state index in [2.05, 4.69) is 20.2 Å². The molecule has 3 N–H and O–H groups in total. The monoisotopic (exact) mass is 581 g/mol. The van der Waals surface area contributed by atoms with Crippen LogP contribution in [0.5, 0.6) is 0 Å². The number of oxazole rings is 1. The molecule has 1 atom stereocenters. The largest absolute Gasteiger partial charge is 0.478 e. The molecule has 4 aromatic rings. The maximum Gasteiger partial charge on any atom is 0.328 e. The number of likely N-dealkylation sites (tertiary alicyclic amines) is 1. The Balaban J connectivity index is 1.27. The van der Waals surface area contributed by atoms with E-state index in [1.807, 2.05) is 37.2 Å². The average Bonchev–Trinajstić information content (AvgIpc) is 3.81. The van der Waals surface area contributed by atoms with Crippen LogP contribution in [0.15, 0.2) is 65.6 Å². The normalized spacial score (nSPS) is 19.4. The van der Waals surface area contributed by atoms with Gasteiger partial charge >= 0.3 is 5.97 Å². The van der Waals surface area contributed by atoms with E-state index in [-0.39, 0.29) is 11.8 Å². The Labute approximate surface area is 249 Å². The molecule has 10 heteroatoms. The van der Waals surface area contributed by atoms with Crippen LogP contribution in [0.3, 0.4) is 0 Å². The number of carboxylic acids is 1. The third-order valence-corrected chi connectivity index (χ3v) is 8.77. The first-order valence-corrected chi connectivity index (χ1v) is 14.6. The minimum absolute atomic E-state index is 0.296. The fourth-order valence-electron chi connectivity index (χ4n) is 6.60. The number of benzene rings is 2. The first kappa shape index (κ1) is 28.4. The van der Waals surface area contributed by atoms with E-state index < -0.39 is 11.5 Å². The fraction of sp³-hybridized carbons (Fsp3) is 0.333. The van der Waals surface area contributed by atoms with Crippen LogP contribution < -0.4 is 10.6 Å². The molecule has 10 nitrogen and oxygen atoms in total. The zero-order chi connectivity index (χ0) is 30.1. The summed E-state index contributed by atoms with van der Waals surface area (Å²) in [5.41, 5.74) is 4.62. The summed E-state index contributed by atoms with van der Waals surface area (Å²) in [7, 11) is 3.92. The summed E-state index contributed by atoms with van der Waals surface area (Å²) in [5, 5.41) is 16.0. The van der Waals surface area contributed by atoms with Gasteiger partial charge in [0.25, 0.3) is 11.8 Å². The van der Waals surface area contributed by atoms with E-state index in [1.165, 1.54) is 30.9 Å². The number of amides is 2. The van der Waals surface area contributed by atoms with Gasteiger partial charge in [-0.15, -0.1) is 0 Å². The molecule has 0 radical (unpaired) electrons. The number of fused-ring (bicyclic) bond motifs is 1. The number of hydrogen-bond donors (Lipinski definition) is 3. The molecule has 0 spiro atoms. The van der Waals surface area contributed by atoms with Gasteiger partial charge in [-0.1, -0.05) is 31.0 Å². The number of nitrogens with one attached hydrogen (secondary N) is 2. The lowest BCUT2D eigenvalue weighted by Crippen LogP contribution is -2.58. The maximum atomic E-state index is 13.8. The van der Waals surface area contributed by atoms with Crippen LogP contribution in [0.1, 0.15) is 59.5 Å². The van der Waals surface area contributed by atoms with Crippen LogP contribution in [0.25, 0.3) is 28.4 Å². The number of carbonyl (C=O) groups is 3. The Bertz CT molecular complexity index is 1700. The highest BCUT2D eigenvalue weighted by atomic mass is 16.4. The second-order valence-electron chi connectivity index (χ2n) is 11.7. The van der Waals surface area contributed by atoms with Gasteiger partial charge in [0.2, 0.25) is 0 Å². The summed E-state index contributed by atoms with van der Waals surface area (Å²) < 4.78 is 7.43. The van der Waals surface area contributed by atoms with Crippen molar-refractivity contribution in [3.8, 4) is 11.4 Å². The number of rotatable bonds is 8. The predicted octanol–water partition coefficient (Wildman–Crippen LogP) is 5.03. The highest BCUT2D eigenvalue weighted by Crippen LogP contribution is 2.44. The lowest BCUT2D eigenvalue weighted by molar-refractivity contribution is -0.131. The number of aliphatic carboxylic acids is 1. The van der Waals surface area contributed by atoms with Gasteiger partial charge in [-0.3, -0.25) is 9.59 Å². The highest BCUT2D eigenvalue weighted by Gasteiger charge is 2.45. The van der Waals surface area contributed by atoms with Crippen LogP contribution in [0.2, 0.25) is 0 Å². The van der Waals surface area contributed by atoms with Crippen molar-refractivity contribution < 1.29 is 23.9 Å². The van der Waals surface area contributed by atoms with Crippen LogP contribution in [-0.4, -0.2) is 63.0 Å².